The standard InChI is InChI=1S/C17H29N5O.HI/c1-2-18-17(19-12-16-7-11-23-20-16)22-10-6-15(14-22)13-21-8-4-3-5-9-21;/h7,11,15H,2-6,8-10,12-14H2,1H3,(H,18,19);1H. The molecule has 0 radical (unpaired) electrons. The third kappa shape index (κ3) is 5.61. The Morgan fingerprint density at radius 2 is 2.17 bits per heavy atom. The molecular formula is C17H30IN5O. The van der Waals surface area contributed by atoms with Gasteiger partial charge in [0.1, 0.15) is 12.0 Å². The van der Waals surface area contributed by atoms with Gasteiger partial charge in [-0.05, 0) is 45.2 Å². The summed E-state index contributed by atoms with van der Waals surface area (Å²) < 4.78 is 4.88. The first-order chi connectivity index (χ1) is 11.3. The summed E-state index contributed by atoms with van der Waals surface area (Å²) >= 11 is 0. The Kier molecular flexibility index (Phi) is 8.31. The van der Waals surface area contributed by atoms with Gasteiger partial charge in [0.15, 0.2) is 5.96 Å². The molecule has 2 aliphatic rings. The van der Waals surface area contributed by atoms with E-state index in [0.29, 0.717) is 6.54 Å². The molecule has 0 amide bonds. The molecule has 3 heterocycles. The van der Waals surface area contributed by atoms with E-state index in [0.717, 1.165) is 37.2 Å². The normalized spacial score (nSPS) is 22.5. The molecule has 0 aliphatic carbocycles. The number of piperidine rings is 1. The van der Waals surface area contributed by atoms with Gasteiger partial charge in [0.05, 0.1) is 6.54 Å². The lowest BCUT2D eigenvalue weighted by atomic mass is 10.1. The number of guanidine groups is 1. The van der Waals surface area contributed by atoms with E-state index >= 15 is 0 Å². The predicted octanol–water partition coefficient (Wildman–Crippen LogP) is 2.57. The molecule has 1 atom stereocenters. The lowest BCUT2D eigenvalue weighted by molar-refractivity contribution is 0.198. The molecule has 0 bridgehead atoms. The van der Waals surface area contributed by atoms with E-state index in [4.69, 9.17) is 9.52 Å². The maximum absolute atomic E-state index is 4.88. The molecule has 1 N–H and O–H groups in total. The SMILES string of the molecule is CCNC(=NCc1ccon1)N1CCC(CN2CCCCC2)C1.I. The van der Waals surface area contributed by atoms with Crippen molar-refractivity contribution in [2.24, 2.45) is 10.9 Å². The fourth-order valence-electron chi connectivity index (χ4n) is 3.58. The molecule has 6 nitrogen and oxygen atoms in total. The monoisotopic (exact) mass is 447 g/mol. The summed E-state index contributed by atoms with van der Waals surface area (Å²) in [5, 5.41) is 7.35. The highest BCUT2D eigenvalue weighted by Crippen LogP contribution is 2.20. The zero-order chi connectivity index (χ0) is 15.9. The Morgan fingerprint density at radius 3 is 2.88 bits per heavy atom. The second-order valence-corrected chi connectivity index (χ2v) is 6.62. The Morgan fingerprint density at radius 1 is 1.33 bits per heavy atom. The van der Waals surface area contributed by atoms with E-state index in [2.05, 4.69) is 27.2 Å². The molecule has 24 heavy (non-hydrogen) atoms. The zero-order valence-electron chi connectivity index (χ0n) is 14.6. The zero-order valence-corrected chi connectivity index (χ0v) is 16.9. The number of likely N-dealkylation sites (tertiary alicyclic amines) is 2. The lowest BCUT2D eigenvalue weighted by Gasteiger charge is -2.29. The van der Waals surface area contributed by atoms with Gasteiger partial charge in [-0.1, -0.05) is 11.6 Å². The van der Waals surface area contributed by atoms with Crippen molar-refractivity contribution in [3.8, 4) is 0 Å². The second-order valence-electron chi connectivity index (χ2n) is 6.62. The summed E-state index contributed by atoms with van der Waals surface area (Å²) in [7, 11) is 0. The van der Waals surface area contributed by atoms with Crippen molar-refractivity contribution in [2.75, 3.05) is 39.3 Å². The van der Waals surface area contributed by atoms with Gasteiger partial charge in [-0.2, -0.15) is 0 Å². The van der Waals surface area contributed by atoms with E-state index in [9.17, 15) is 0 Å². The van der Waals surface area contributed by atoms with Crippen LogP contribution in [0.15, 0.2) is 21.8 Å². The minimum Gasteiger partial charge on any atom is -0.364 e. The summed E-state index contributed by atoms with van der Waals surface area (Å²) in [6.07, 6.45) is 7.02. The summed E-state index contributed by atoms with van der Waals surface area (Å²) in [6, 6.07) is 1.87. The van der Waals surface area contributed by atoms with Gasteiger partial charge < -0.3 is 19.6 Å². The Bertz CT molecular complexity index is 487. The van der Waals surface area contributed by atoms with Gasteiger partial charge in [-0.15, -0.1) is 24.0 Å². The minimum absolute atomic E-state index is 0. The maximum Gasteiger partial charge on any atom is 0.194 e. The molecule has 0 saturated carbocycles. The first kappa shape index (κ1) is 19.5. The largest absolute Gasteiger partial charge is 0.364 e. The molecule has 2 fully saturated rings. The third-order valence-corrected chi connectivity index (χ3v) is 4.77. The van der Waals surface area contributed by atoms with Gasteiger partial charge >= 0.3 is 0 Å². The smallest absolute Gasteiger partial charge is 0.194 e. The van der Waals surface area contributed by atoms with Crippen LogP contribution in [-0.4, -0.2) is 60.2 Å². The highest BCUT2D eigenvalue weighted by Gasteiger charge is 2.26. The number of hydrogen-bond acceptors (Lipinski definition) is 4. The number of nitrogens with one attached hydrogen (secondary N) is 1. The Hall–Kier alpha value is -0.830. The maximum atomic E-state index is 4.88. The number of rotatable bonds is 5. The fourth-order valence-corrected chi connectivity index (χ4v) is 3.58. The molecule has 1 unspecified atom stereocenters. The number of aliphatic imine (C=N–C) groups is 1. The second kappa shape index (κ2) is 10.2. The molecule has 136 valence electrons. The van der Waals surface area contributed by atoms with Gasteiger partial charge in [-0.25, -0.2) is 4.99 Å². The van der Waals surface area contributed by atoms with Gasteiger partial charge in [-0.3, -0.25) is 0 Å². The van der Waals surface area contributed by atoms with Crippen LogP contribution in [0.4, 0.5) is 0 Å². The summed E-state index contributed by atoms with van der Waals surface area (Å²) in [4.78, 5) is 9.77. The quantitative estimate of drug-likeness (QED) is 0.427. The van der Waals surface area contributed by atoms with Crippen molar-refractivity contribution >= 4 is 29.9 Å². The van der Waals surface area contributed by atoms with Crippen molar-refractivity contribution < 1.29 is 4.52 Å². The highest BCUT2D eigenvalue weighted by atomic mass is 127. The molecular weight excluding hydrogens is 417 g/mol. The van der Waals surface area contributed by atoms with Crippen molar-refractivity contribution in [3.63, 3.8) is 0 Å². The van der Waals surface area contributed by atoms with E-state index in [1.807, 2.05) is 6.07 Å². The van der Waals surface area contributed by atoms with Crippen LogP contribution in [0, 0.1) is 5.92 Å². The van der Waals surface area contributed by atoms with Crippen molar-refractivity contribution in [1.29, 1.82) is 0 Å². The van der Waals surface area contributed by atoms with Crippen molar-refractivity contribution in [2.45, 2.75) is 39.2 Å². The van der Waals surface area contributed by atoms with Crippen molar-refractivity contribution in [1.82, 2.24) is 20.3 Å². The lowest BCUT2D eigenvalue weighted by Crippen LogP contribution is -2.41. The van der Waals surface area contributed by atoms with E-state index in [1.165, 1.54) is 45.3 Å². The minimum atomic E-state index is 0. The molecule has 7 heteroatoms. The van der Waals surface area contributed by atoms with Crippen LogP contribution < -0.4 is 5.32 Å². The van der Waals surface area contributed by atoms with E-state index in [1.54, 1.807) is 6.26 Å². The van der Waals surface area contributed by atoms with Crippen LogP contribution in [0.25, 0.3) is 0 Å². The van der Waals surface area contributed by atoms with Crippen LogP contribution in [0.5, 0.6) is 0 Å². The summed E-state index contributed by atoms with van der Waals surface area (Å²) in [5.74, 6) is 1.78. The number of aromatic nitrogens is 1. The van der Waals surface area contributed by atoms with Crippen LogP contribution in [-0.2, 0) is 6.54 Å². The van der Waals surface area contributed by atoms with Gasteiger partial charge in [0.2, 0.25) is 0 Å². The van der Waals surface area contributed by atoms with Crippen LogP contribution in [0.2, 0.25) is 0 Å². The summed E-state index contributed by atoms with van der Waals surface area (Å²) in [5.41, 5.74) is 0.879. The first-order valence-electron chi connectivity index (χ1n) is 9.00. The molecule has 1 aromatic heterocycles. The number of nitrogens with zero attached hydrogens (tertiary/aromatic N) is 4. The Balaban J connectivity index is 0.00000208. The third-order valence-electron chi connectivity index (χ3n) is 4.77. The number of halogens is 1. The first-order valence-corrected chi connectivity index (χ1v) is 9.00. The van der Waals surface area contributed by atoms with Crippen LogP contribution in [0.3, 0.4) is 0 Å². The topological polar surface area (TPSA) is 56.9 Å². The van der Waals surface area contributed by atoms with Crippen LogP contribution >= 0.6 is 24.0 Å². The van der Waals surface area contributed by atoms with E-state index < -0.39 is 0 Å². The Labute approximate surface area is 162 Å². The molecule has 0 aromatic carbocycles. The summed E-state index contributed by atoms with van der Waals surface area (Å²) in [6.45, 7) is 9.63. The number of hydrogen-bond donors (Lipinski definition) is 1. The van der Waals surface area contributed by atoms with Gasteiger partial charge in [0.25, 0.3) is 0 Å². The average molecular weight is 447 g/mol. The van der Waals surface area contributed by atoms with Crippen molar-refractivity contribution in [3.05, 3.63) is 18.0 Å². The van der Waals surface area contributed by atoms with E-state index in [-0.39, 0.29) is 24.0 Å². The molecule has 3 rings (SSSR count). The molecule has 1 aromatic rings. The predicted molar refractivity (Wildman–Crippen MR) is 107 cm³/mol. The van der Waals surface area contributed by atoms with Gasteiger partial charge in [0, 0.05) is 32.2 Å². The average Bonchev–Trinajstić information content (AvgIpc) is 3.24. The fraction of sp³-hybridized carbons (Fsp3) is 0.765. The van der Waals surface area contributed by atoms with Crippen LogP contribution in [0.1, 0.15) is 38.3 Å². The highest BCUT2D eigenvalue weighted by molar-refractivity contribution is 14.0. The molecule has 2 aliphatic heterocycles. The molecule has 2 saturated heterocycles. The molecule has 0 spiro atoms.